The van der Waals surface area contributed by atoms with E-state index in [4.69, 9.17) is 0 Å². The summed E-state index contributed by atoms with van der Waals surface area (Å²) in [5, 5.41) is 9.62. The lowest BCUT2D eigenvalue weighted by atomic mass is 9.73. The molecule has 1 nitrogen and oxygen atoms in total. The van der Waals surface area contributed by atoms with E-state index in [1.54, 1.807) is 0 Å². The van der Waals surface area contributed by atoms with Gasteiger partial charge in [-0.2, -0.15) is 0 Å². The van der Waals surface area contributed by atoms with Crippen LogP contribution in [0.5, 0.6) is 0 Å². The minimum absolute atomic E-state index is 0.219. The molecule has 1 heteroatoms. The van der Waals surface area contributed by atoms with Crippen molar-refractivity contribution in [1.29, 1.82) is 0 Å². The molecule has 0 saturated carbocycles. The first kappa shape index (κ1) is 8.79. The van der Waals surface area contributed by atoms with E-state index in [0.29, 0.717) is 5.92 Å². The number of hydrogen-bond donors (Lipinski definition) is 1. The molecule has 0 spiro atoms. The fraction of sp³-hybridized carbons (Fsp3) is 0.800. The maximum absolute atomic E-state index is 9.62. The Kier molecular flexibility index (Phi) is 2.38. The lowest BCUT2D eigenvalue weighted by Gasteiger charge is -2.35. The van der Waals surface area contributed by atoms with Crippen LogP contribution in [0, 0.1) is 11.3 Å². The lowest BCUT2D eigenvalue weighted by Crippen LogP contribution is -2.32. The molecule has 0 heterocycles. The van der Waals surface area contributed by atoms with Gasteiger partial charge in [-0.3, -0.25) is 0 Å². The van der Waals surface area contributed by atoms with Gasteiger partial charge in [0.1, 0.15) is 0 Å². The molecular formula is C10H18O. The van der Waals surface area contributed by atoms with E-state index < -0.39 is 0 Å². The molecule has 0 aromatic rings. The first-order valence-corrected chi connectivity index (χ1v) is 4.36. The van der Waals surface area contributed by atoms with E-state index in [1.807, 2.05) is 6.08 Å². The molecule has 1 aliphatic carbocycles. The van der Waals surface area contributed by atoms with Crippen molar-refractivity contribution in [2.24, 2.45) is 11.3 Å². The van der Waals surface area contributed by atoms with Crippen LogP contribution in [0.1, 0.15) is 33.6 Å². The topological polar surface area (TPSA) is 20.2 Å². The molecule has 11 heavy (non-hydrogen) atoms. The molecule has 1 N–H and O–H groups in total. The molecule has 0 aromatic heterocycles. The van der Waals surface area contributed by atoms with Crippen LogP contribution in [0.15, 0.2) is 12.2 Å². The first-order chi connectivity index (χ1) is 5.02. The second-order valence-electron chi connectivity index (χ2n) is 4.47. The van der Waals surface area contributed by atoms with Crippen LogP contribution >= 0.6 is 0 Å². The van der Waals surface area contributed by atoms with Crippen molar-refractivity contribution in [2.45, 2.75) is 39.7 Å². The third-order valence-corrected chi connectivity index (χ3v) is 2.50. The third-order valence-electron chi connectivity index (χ3n) is 2.50. The number of aliphatic hydroxyl groups excluding tert-OH is 1. The molecule has 1 rings (SSSR count). The van der Waals surface area contributed by atoms with Crippen LogP contribution in [0.25, 0.3) is 0 Å². The molecule has 0 bridgehead atoms. The second kappa shape index (κ2) is 2.98. The molecule has 64 valence electrons. The van der Waals surface area contributed by atoms with E-state index in [0.717, 1.165) is 12.8 Å². The van der Waals surface area contributed by atoms with Crippen molar-refractivity contribution in [3.8, 4) is 0 Å². The summed E-state index contributed by atoms with van der Waals surface area (Å²) in [6.45, 7) is 6.58. The summed E-state index contributed by atoms with van der Waals surface area (Å²) in [6, 6.07) is 0. The van der Waals surface area contributed by atoms with Crippen LogP contribution in [-0.4, -0.2) is 11.2 Å². The molecule has 0 aliphatic heterocycles. The molecule has 1 aliphatic rings. The van der Waals surface area contributed by atoms with Crippen LogP contribution in [0.3, 0.4) is 0 Å². The zero-order valence-corrected chi connectivity index (χ0v) is 7.67. The Morgan fingerprint density at radius 3 is 2.36 bits per heavy atom. The van der Waals surface area contributed by atoms with Gasteiger partial charge < -0.3 is 5.11 Å². The van der Waals surface area contributed by atoms with Crippen LogP contribution < -0.4 is 0 Å². The predicted octanol–water partition coefficient (Wildman–Crippen LogP) is 2.36. The van der Waals surface area contributed by atoms with E-state index in [1.165, 1.54) is 0 Å². The molecule has 0 saturated heterocycles. The summed E-state index contributed by atoms with van der Waals surface area (Å²) in [7, 11) is 0. The van der Waals surface area contributed by atoms with Crippen molar-refractivity contribution in [1.82, 2.24) is 0 Å². The standard InChI is InChI=1S/C10H18O/c1-10(2,3)8-6-4-5-7-9(8)11/h5,7-9,11H,4,6H2,1-3H3/t8-,9+/m0/s1. The lowest BCUT2D eigenvalue weighted by molar-refractivity contribution is 0.0652. The minimum Gasteiger partial charge on any atom is -0.389 e. The highest BCUT2D eigenvalue weighted by molar-refractivity contribution is 5.00. The largest absolute Gasteiger partial charge is 0.389 e. The highest BCUT2D eigenvalue weighted by Gasteiger charge is 2.30. The average molecular weight is 154 g/mol. The van der Waals surface area contributed by atoms with Gasteiger partial charge in [0.15, 0.2) is 0 Å². The highest BCUT2D eigenvalue weighted by atomic mass is 16.3. The van der Waals surface area contributed by atoms with E-state index in [9.17, 15) is 5.11 Å². The molecular weight excluding hydrogens is 136 g/mol. The highest BCUT2D eigenvalue weighted by Crippen LogP contribution is 2.35. The van der Waals surface area contributed by atoms with Gasteiger partial charge in [0.2, 0.25) is 0 Å². The number of allylic oxidation sites excluding steroid dienone is 1. The van der Waals surface area contributed by atoms with E-state index >= 15 is 0 Å². The third kappa shape index (κ3) is 2.06. The molecule has 0 fully saturated rings. The van der Waals surface area contributed by atoms with Gasteiger partial charge in [0, 0.05) is 0 Å². The van der Waals surface area contributed by atoms with Gasteiger partial charge in [0.25, 0.3) is 0 Å². The van der Waals surface area contributed by atoms with Crippen molar-refractivity contribution >= 4 is 0 Å². The Morgan fingerprint density at radius 1 is 1.36 bits per heavy atom. The molecule has 0 radical (unpaired) electrons. The maximum atomic E-state index is 9.62. The zero-order valence-electron chi connectivity index (χ0n) is 7.67. The fourth-order valence-electron chi connectivity index (χ4n) is 1.76. The van der Waals surface area contributed by atoms with Gasteiger partial charge in [-0.05, 0) is 24.2 Å². The Balaban J connectivity index is 2.65. The van der Waals surface area contributed by atoms with E-state index in [-0.39, 0.29) is 11.5 Å². The first-order valence-electron chi connectivity index (χ1n) is 4.36. The van der Waals surface area contributed by atoms with Crippen molar-refractivity contribution in [3.63, 3.8) is 0 Å². The summed E-state index contributed by atoms with van der Waals surface area (Å²) in [6.07, 6.45) is 6.04. The maximum Gasteiger partial charge on any atom is 0.0754 e. The Bertz CT molecular complexity index is 153. The van der Waals surface area contributed by atoms with Crippen LogP contribution in [0.2, 0.25) is 0 Å². The van der Waals surface area contributed by atoms with Crippen molar-refractivity contribution < 1.29 is 5.11 Å². The summed E-state index contributed by atoms with van der Waals surface area (Å²) in [5.74, 6) is 0.437. The Morgan fingerprint density at radius 2 is 2.00 bits per heavy atom. The van der Waals surface area contributed by atoms with Gasteiger partial charge in [-0.25, -0.2) is 0 Å². The summed E-state index contributed by atoms with van der Waals surface area (Å²) in [5.41, 5.74) is 0.240. The van der Waals surface area contributed by atoms with Crippen LogP contribution in [0.4, 0.5) is 0 Å². The number of rotatable bonds is 0. The fourth-order valence-corrected chi connectivity index (χ4v) is 1.76. The van der Waals surface area contributed by atoms with Crippen molar-refractivity contribution in [3.05, 3.63) is 12.2 Å². The smallest absolute Gasteiger partial charge is 0.0754 e. The van der Waals surface area contributed by atoms with Crippen LogP contribution in [-0.2, 0) is 0 Å². The monoisotopic (exact) mass is 154 g/mol. The Hall–Kier alpha value is -0.300. The molecule has 0 aromatic carbocycles. The average Bonchev–Trinajstić information content (AvgIpc) is 1.86. The molecule has 0 amide bonds. The van der Waals surface area contributed by atoms with Gasteiger partial charge in [-0.1, -0.05) is 32.9 Å². The number of hydrogen-bond acceptors (Lipinski definition) is 1. The SMILES string of the molecule is CC(C)(C)[C@H]1CCC=C[C@H]1O. The summed E-state index contributed by atoms with van der Waals surface area (Å²) < 4.78 is 0. The number of aliphatic hydroxyl groups is 1. The molecule has 0 unspecified atom stereocenters. The quantitative estimate of drug-likeness (QED) is 0.531. The second-order valence-corrected chi connectivity index (χ2v) is 4.47. The molecule has 2 atom stereocenters. The zero-order chi connectivity index (χ0) is 8.48. The normalized spacial score (nSPS) is 32.4. The Labute approximate surface area is 69.1 Å². The predicted molar refractivity (Wildman–Crippen MR) is 47.3 cm³/mol. The van der Waals surface area contributed by atoms with Gasteiger partial charge in [0.05, 0.1) is 6.10 Å². The van der Waals surface area contributed by atoms with Gasteiger partial charge >= 0.3 is 0 Å². The minimum atomic E-state index is -0.219. The summed E-state index contributed by atoms with van der Waals surface area (Å²) >= 11 is 0. The van der Waals surface area contributed by atoms with Crippen molar-refractivity contribution in [2.75, 3.05) is 0 Å². The van der Waals surface area contributed by atoms with E-state index in [2.05, 4.69) is 26.8 Å². The van der Waals surface area contributed by atoms with Gasteiger partial charge in [-0.15, -0.1) is 0 Å². The summed E-state index contributed by atoms with van der Waals surface area (Å²) in [4.78, 5) is 0.